The molecule has 1 heterocycles. The summed E-state index contributed by atoms with van der Waals surface area (Å²) in [5, 5.41) is 9.32. The van der Waals surface area contributed by atoms with Crippen molar-refractivity contribution in [1.29, 1.82) is 0 Å². The van der Waals surface area contributed by atoms with Gasteiger partial charge < -0.3 is 9.84 Å². The van der Waals surface area contributed by atoms with Gasteiger partial charge in [-0.25, -0.2) is 0 Å². The molecule has 3 nitrogen and oxygen atoms in total. The minimum atomic E-state index is 0.0185. The number of aromatic hydroxyl groups is 1. The zero-order chi connectivity index (χ0) is 8.27. The number of aromatic nitrogens is 1. The first kappa shape index (κ1) is 8.14. The molecule has 4 heteroatoms. The zero-order valence-electron chi connectivity index (χ0n) is 6.04. The van der Waals surface area contributed by atoms with Crippen molar-refractivity contribution in [2.24, 2.45) is 0 Å². The van der Waals surface area contributed by atoms with E-state index in [0.717, 1.165) is 0 Å². The molecule has 11 heavy (non-hydrogen) atoms. The van der Waals surface area contributed by atoms with E-state index in [0.29, 0.717) is 11.4 Å². The predicted molar refractivity (Wildman–Crippen MR) is 42.0 cm³/mol. The number of halogens is 1. The van der Waals surface area contributed by atoms with Crippen molar-refractivity contribution >= 4 is 11.6 Å². The lowest BCUT2D eigenvalue weighted by Gasteiger charge is -2.04. The molecule has 0 radical (unpaired) electrons. The quantitative estimate of drug-likeness (QED) is 0.690. The average Bonchev–Trinajstić information content (AvgIpc) is 2.05. The molecule has 0 saturated heterocycles. The highest BCUT2D eigenvalue weighted by Gasteiger charge is 2.06. The van der Waals surface area contributed by atoms with Crippen LogP contribution in [-0.4, -0.2) is 17.2 Å². The van der Waals surface area contributed by atoms with Gasteiger partial charge in [0.2, 0.25) is 0 Å². The van der Waals surface area contributed by atoms with E-state index < -0.39 is 0 Å². The first-order chi connectivity index (χ1) is 5.29. The molecule has 0 atom stereocenters. The van der Waals surface area contributed by atoms with Crippen molar-refractivity contribution in [2.75, 3.05) is 7.11 Å². The molecule has 0 unspecified atom stereocenters. The third kappa shape index (κ3) is 1.54. The maximum Gasteiger partial charge on any atom is 0.180 e. The Bertz CT molecular complexity index is 230. The molecule has 60 valence electrons. The highest BCUT2D eigenvalue weighted by atomic mass is 35.5. The first-order valence-electron chi connectivity index (χ1n) is 3.06. The number of hydrogen-bond donors (Lipinski definition) is 1. The Morgan fingerprint density at radius 1 is 1.73 bits per heavy atom. The van der Waals surface area contributed by atoms with Gasteiger partial charge in [-0.1, -0.05) is 0 Å². The molecule has 0 aromatic carbocycles. The van der Waals surface area contributed by atoms with Crippen LogP contribution in [0, 0.1) is 0 Å². The van der Waals surface area contributed by atoms with Crippen LogP contribution >= 0.6 is 11.6 Å². The van der Waals surface area contributed by atoms with Crippen LogP contribution in [0.1, 0.15) is 5.69 Å². The van der Waals surface area contributed by atoms with E-state index in [9.17, 15) is 5.11 Å². The zero-order valence-corrected chi connectivity index (χ0v) is 6.80. The highest BCUT2D eigenvalue weighted by molar-refractivity contribution is 6.17. The Morgan fingerprint density at radius 3 is 3.00 bits per heavy atom. The monoisotopic (exact) mass is 173 g/mol. The van der Waals surface area contributed by atoms with E-state index in [2.05, 4.69) is 4.98 Å². The molecule has 0 saturated carbocycles. The van der Waals surface area contributed by atoms with Gasteiger partial charge in [-0.3, -0.25) is 4.98 Å². The van der Waals surface area contributed by atoms with Gasteiger partial charge in [0.1, 0.15) is 5.69 Å². The van der Waals surface area contributed by atoms with Crippen molar-refractivity contribution in [3.8, 4) is 11.5 Å². The molecule has 0 aliphatic rings. The van der Waals surface area contributed by atoms with E-state index >= 15 is 0 Å². The molecule has 0 bridgehead atoms. The van der Waals surface area contributed by atoms with E-state index in [4.69, 9.17) is 16.3 Å². The number of pyridine rings is 1. The van der Waals surface area contributed by atoms with E-state index in [1.54, 1.807) is 6.07 Å². The molecule has 0 amide bonds. The lowest BCUT2D eigenvalue weighted by atomic mass is 10.3. The fraction of sp³-hybridized carbons (Fsp3) is 0.286. The Labute approximate surface area is 69.6 Å². The fourth-order valence-corrected chi connectivity index (χ4v) is 0.935. The molecular formula is C7H8ClNO2. The molecule has 1 aromatic heterocycles. The molecule has 0 aliphatic carbocycles. The van der Waals surface area contributed by atoms with Crippen LogP contribution in [0.15, 0.2) is 12.3 Å². The Balaban J connectivity index is 3.10. The summed E-state index contributed by atoms with van der Waals surface area (Å²) >= 11 is 5.48. The molecule has 1 rings (SSSR count). The SMILES string of the molecule is COc1ccnc(CCl)c1O. The molecular weight excluding hydrogens is 166 g/mol. The van der Waals surface area contributed by atoms with Crippen LogP contribution < -0.4 is 4.74 Å². The van der Waals surface area contributed by atoms with Gasteiger partial charge in [-0.05, 0) is 0 Å². The fourth-order valence-electron chi connectivity index (χ4n) is 0.740. The van der Waals surface area contributed by atoms with E-state index in [1.807, 2.05) is 0 Å². The predicted octanol–water partition coefficient (Wildman–Crippen LogP) is 1.53. The van der Waals surface area contributed by atoms with Crippen molar-refractivity contribution in [3.05, 3.63) is 18.0 Å². The number of alkyl halides is 1. The third-order valence-electron chi connectivity index (χ3n) is 1.31. The van der Waals surface area contributed by atoms with Gasteiger partial charge in [-0.15, -0.1) is 11.6 Å². The van der Waals surface area contributed by atoms with Gasteiger partial charge in [0.05, 0.1) is 13.0 Å². The number of rotatable bonds is 2. The van der Waals surface area contributed by atoms with Crippen molar-refractivity contribution in [3.63, 3.8) is 0 Å². The number of methoxy groups -OCH3 is 1. The smallest absolute Gasteiger partial charge is 0.180 e. The van der Waals surface area contributed by atoms with Crippen LogP contribution in [-0.2, 0) is 5.88 Å². The summed E-state index contributed by atoms with van der Waals surface area (Å²) in [7, 11) is 1.48. The van der Waals surface area contributed by atoms with Gasteiger partial charge in [0.15, 0.2) is 11.5 Å². The van der Waals surface area contributed by atoms with E-state index in [1.165, 1.54) is 13.3 Å². The van der Waals surface area contributed by atoms with Crippen LogP contribution in [0.2, 0.25) is 0 Å². The normalized spacial score (nSPS) is 9.64. The second-order valence-electron chi connectivity index (χ2n) is 1.94. The van der Waals surface area contributed by atoms with Crippen molar-refractivity contribution < 1.29 is 9.84 Å². The second-order valence-corrected chi connectivity index (χ2v) is 2.21. The average molecular weight is 174 g/mol. The standard InChI is InChI=1S/C7H8ClNO2/c1-11-6-2-3-9-5(4-8)7(6)10/h2-3,10H,4H2,1H3. The minimum absolute atomic E-state index is 0.0185. The van der Waals surface area contributed by atoms with Crippen molar-refractivity contribution in [2.45, 2.75) is 5.88 Å². The van der Waals surface area contributed by atoms with Crippen LogP contribution in [0.3, 0.4) is 0 Å². The summed E-state index contributed by atoms with van der Waals surface area (Å²) < 4.78 is 4.84. The second kappa shape index (κ2) is 3.44. The maximum absolute atomic E-state index is 9.32. The maximum atomic E-state index is 9.32. The van der Waals surface area contributed by atoms with Crippen LogP contribution in [0.25, 0.3) is 0 Å². The first-order valence-corrected chi connectivity index (χ1v) is 3.60. The number of ether oxygens (including phenoxy) is 1. The summed E-state index contributed by atoms with van der Waals surface area (Å²) in [5.74, 6) is 0.601. The highest BCUT2D eigenvalue weighted by Crippen LogP contribution is 2.28. The molecule has 0 spiro atoms. The van der Waals surface area contributed by atoms with E-state index in [-0.39, 0.29) is 11.6 Å². The summed E-state index contributed by atoms with van der Waals surface area (Å²) in [5.41, 5.74) is 0.436. The van der Waals surface area contributed by atoms with Gasteiger partial charge in [-0.2, -0.15) is 0 Å². The lowest BCUT2D eigenvalue weighted by Crippen LogP contribution is -1.89. The molecule has 0 aliphatic heterocycles. The Hall–Kier alpha value is -0.960. The van der Waals surface area contributed by atoms with Gasteiger partial charge in [0, 0.05) is 12.3 Å². The molecule has 1 N–H and O–H groups in total. The number of nitrogens with zero attached hydrogens (tertiary/aromatic N) is 1. The van der Waals surface area contributed by atoms with Crippen LogP contribution in [0.5, 0.6) is 11.5 Å². The minimum Gasteiger partial charge on any atom is -0.503 e. The van der Waals surface area contributed by atoms with Crippen molar-refractivity contribution in [1.82, 2.24) is 4.98 Å². The van der Waals surface area contributed by atoms with Gasteiger partial charge >= 0.3 is 0 Å². The van der Waals surface area contributed by atoms with Gasteiger partial charge in [0.25, 0.3) is 0 Å². The third-order valence-corrected chi connectivity index (χ3v) is 1.56. The summed E-state index contributed by atoms with van der Waals surface area (Å²) in [6.07, 6.45) is 1.54. The lowest BCUT2D eigenvalue weighted by molar-refractivity contribution is 0.369. The number of hydrogen-bond acceptors (Lipinski definition) is 3. The Morgan fingerprint density at radius 2 is 2.45 bits per heavy atom. The topological polar surface area (TPSA) is 42.4 Å². The summed E-state index contributed by atoms with van der Waals surface area (Å²) in [4.78, 5) is 3.84. The Kier molecular flexibility index (Phi) is 2.54. The molecule has 0 fully saturated rings. The summed E-state index contributed by atoms with van der Waals surface area (Å²) in [6.45, 7) is 0. The molecule has 1 aromatic rings. The largest absolute Gasteiger partial charge is 0.503 e. The van der Waals surface area contributed by atoms with Crippen LogP contribution in [0.4, 0.5) is 0 Å². The summed E-state index contributed by atoms with van der Waals surface area (Å²) in [6, 6.07) is 1.57.